The summed E-state index contributed by atoms with van der Waals surface area (Å²) in [5.41, 5.74) is 3.52. The number of sulfonamides is 1. The van der Waals surface area contributed by atoms with Crippen LogP contribution in [0.25, 0.3) is 0 Å². The van der Waals surface area contributed by atoms with E-state index >= 15 is 0 Å². The molecule has 0 unspecified atom stereocenters. The van der Waals surface area contributed by atoms with Gasteiger partial charge in [0.15, 0.2) is 0 Å². The maximum Gasteiger partial charge on any atom is 0.240 e. The van der Waals surface area contributed by atoms with Gasteiger partial charge >= 0.3 is 0 Å². The number of nitrogens with one attached hydrogen (secondary N) is 2. The second kappa shape index (κ2) is 7.68. The van der Waals surface area contributed by atoms with Gasteiger partial charge in [0.1, 0.15) is 0 Å². The molecule has 1 aliphatic heterocycles. The molecule has 0 aliphatic carbocycles. The van der Waals surface area contributed by atoms with Gasteiger partial charge in [0.05, 0.1) is 4.90 Å². The van der Waals surface area contributed by atoms with E-state index in [0.717, 1.165) is 23.5 Å². The molecule has 7 heteroatoms. The fraction of sp³-hybridized carbons (Fsp3) is 0.250. The van der Waals surface area contributed by atoms with Crippen molar-refractivity contribution in [1.29, 1.82) is 0 Å². The average molecular weight is 371 g/mol. The summed E-state index contributed by atoms with van der Waals surface area (Å²) in [6, 6.07) is 13.1. The molecule has 3 rings (SSSR count). The number of rotatable bonds is 5. The Kier molecular flexibility index (Phi) is 6.11. The highest BCUT2D eigenvalue weighted by Crippen LogP contribution is 2.20. The lowest BCUT2D eigenvalue weighted by molar-refractivity contribution is 0.581. The van der Waals surface area contributed by atoms with Crippen LogP contribution in [0, 0.1) is 0 Å². The summed E-state index contributed by atoms with van der Waals surface area (Å²) in [7, 11) is -3.48. The summed E-state index contributed by atoms with van der Waals surface area (Å²) in [6.07, 6.45) is 1.93. The minimum Gasteiger partial charge on any atom is -0.309 e. The van der Waals surface area contributed by atoms with E-state index in [1.54, 1.807) is 18.2 Å². The molecular weight excluding hydrogens is 352 g/mol. The Labute approximate surface area is 147 Å². The Morgan fingerprint density at radius 3 is 2.70 bits per heavy atom. The van der Waals surface area contributed by atoms with Crippen molar-refractivity contribution in [2.45, 2.75) is 29.4 Å². The fourth-order valence-electron chi connectivity index (χ4n) is 2.49. The van der Waals surface area contributed by atoms with Crippen LogP contribution < -0.4 is 10.0 Å². The molecule has 0 bridgehead atoms. The third-order valence-corrected chi connectivity index (χ3v) is 5.84. The second-order valence-corrected chi connectivity index (χ2v) is 7.86. The lowest BCUT2D eigenvalue weighted by atomic mass is 10.1. The van der Waals surface area contributed by atoms with Gasteiger partial charge < -0.3 is 5.32 Å². The van der Waals surface area contributed by atoms with Crippen molar-refractivity contribution < 1.29 is 8.42 Å². The van der Waals surface area contributed by atoms with Crippen molar-refractivity contribution in [1.82, 2.24) is 10.0 Å². The molecule has 0 saturated heterocycles. The average Bonchev–Trinajstić information content (AvgIpc) is 3.00. The molecule has 124 valence electrons. The first kappa shape index (κ1) is 18.3. The molecule has 23 heavy (non-hydrogen) atoms. The number of thioether (sulfide) groups is 1. The summed E-state index contributed by atoms with van der Waals surface area (Å²) in [5, 5.41) is 3.28. The SMILES string of the molecule is CSc1cccc(S(=O)(=O)NCc2ccc3c(c2)CNC3)c1.Cl. The van der Waals surface area contributed by atoms with E-state index in [1.165, 1.54) is 22.9 Å². The summed E-state index contributed by atoms with van der Waals surface area (Å²) >= 11 is 1.53. The maximum absolute atomic E-state index is 12.4. The van der Waals surface area contributed by atoms with Crippen molar-refractivity contribution in [2.24, 2.45) is 0 Å². The predicted octanol–water partition coefficient (Wildman–Crippen LogP) is 2.91. The van der Waals surface area contributed by atoms with Gasteiger partial charge in [-0.15, -0.1) is 24.2 Å². The zero-order chi connectivity index (χ0) is 15.6. The minimum atomic E-state index is -3.48. The van der Waals surface area contributed by atoms with Crippen LogP contribution in [0.15, 0.2) is 52.3 Å². The third kappa shape index (κ3) is 4.28. The Morgan fingerprint density at radius 1 is 1.13 bits per heavy atom. The van der Waals surface area contributed by atoms with Crippen molar-refractivity contribution in [2.75, 3.05) is 6.26 Å². The van der Waals surface area contributed by atoms with E-state index in [9.17, 15) is 8.42 Å². The van der Waals surface area contributed by atoms with E-state index in [4.69, 9.17) is 0 Å². The van der Waals surface area contributed by atoms with Crippen LogP contribution in [0.3, 0.4) is 0 Å². The molecule has 0 saturated carbocycles. The standard InChI is InChI=1S/C16H18N2O2S2.ClH/c1-21-15-3-2-4-16(8-15)22(19,20)18-9-12-5-6-13-10-17-11-14(13)7-12;/h2-8,17-18H,9-11H2,1H3;1H. The van der Waals surface area contributed by atoms with Crippen LogP contribution in [0.5, 0.6) is 0 Å². The molecule has 0 fully saturated rings. The first-order valence-electron chi connectivity index (χ1n) is 7.03. The van der Waals surface area contributed by atoms with Gasteiger partial charge in [0, 0.05) is 24.5 Å². The third-order valence-electron chi connectivity index (χ3n) is 3.72. The summed E-state index contributed by atoms with van der Waals surface area (Å²) in [5.74, 6) is 0. The van der Waals surface area contributed by atoms with Crippen LogP contribution in [-0.4, -0.2) is 14.7 Å². The summed E-state index contributed by atoms with van der Waals surface area (Å²) in [6.45, 7) is 2.05. The van der Waals surface area contributed by atoms with Gasteiger partial charge in [-0.2, -0.15) is 0 Å². The number of hydrogen-bond donors (Lipinski definition) is 2. The number of benzene rings is 2. The molecule has 0 aromatic heterocycles. The Balaban J connectivity index is 0.00000192. The summed E-state index contributed by atoms with van der Waals surface area (Å²) < 4.78 is 27.4. The number of halogens is 1. The Morgan fingerprint density at radius 2 is 1.91 bits per heavy atom. The molecule has 4 nitrogen and oxygen atoms in total. The van der Waals surface area contributed by atoms with Crippen molar-refractivity contribution in [3.8, 4) is 0 Å². The van der Waals surface area contributed by atoms with E-state index in [2.05, 4.69) is 22.2 Å². The highest BCUT2D eigenvalue weighted by molar-refractivity contribution is 7.98. The molecule has 2 N–H and O–H groups in total. The molecule has 1 aliphatic rings. The topological polar surface area (TPSA) is 58.2 Å². The monoisotopic (exact) mass is 370 g/mol. The zero-order valence-electron chi connectivity index (χ0n) is 12.7. The maximum atomic E-state index is 12.4. The van der Waals surface area contributed by atoms with E-state index in [1.807, 2.05) is 18.4 Å². The molecule has 0 amide bonds. The van der Waals surface area contributed by atoms with Crippen LogP contribution in [0.1, 0.15) is 16.7 Å². The first-order chi connectivity index (χ1) is 10.6. The van der Waals surface area contributed by atoms with Crippen molar-refractivity contribution >= 4 is 34.2 Å². The van der Waals surface area contributed by atoms with Gasteiger partial charge in [0.25, 0.3) is 0 Å². The summed E-state index contributed by atoms with van der Waals surface area (Å²) in [4.78, 5) is 1.24. The normalized spacial score (nSPS) is 13.4. The smallest absolute Gasteiger partial charge is 0.240 e. The van der Waals surface area contributed by atoms with Gasteiger partial charge in [-0.1, -0.05) is 24.3 Å². The van der Waals surface area contributed by atoms with E-state index in [-0.39, 0.29) is 12.4 Å². The molecule has 0 spiro atoms. The lowest BCUT2D eigenvalue weighted by Crippen LogP contribution is -2.23. The van der Waals surface area contributed by atoms with Crippen LogP contribution in [0.2, 0.25) is 0 Å². The highest BCUT2D eigenvalue weighted by Gasteiger charge is 2.15. The lowest BCUT2D eigenvalue weighted by Gasteiger charge is -2.09. The molecule has 0 atom stereocenters. The van der Waals surface area contributed by atoms with Crippen LogP contribution in [-0.2, 0) is 29.7 Å². The molecule has 2 aromatic rings. The first-order valence-corrected chi connectivity index (χ1v) is 9.74. The second-order valence-electron chi connectivity index (χ2n) is 5.21. The molecule has 0 radical (unpaired) electrons. The largest absolute Gasteiger partial charge is 0.309 e. The van der Waals surface area contributed by atoms with Gasteiger partial charge in [-0.05, 0) is 41.1 Å². The number of hydrogen-bond acceptors (Lipinski definition) is 4. The molecule has 1 heterocycles. The number of fused-ring (bicyclic) bond motifs is 1. The van der Waals surface area contributed by atoms with E-state index < -0.39 is 10.0 Å². The fourth-order valence-corrected chi connectivity index (χ4v) is 4.09. The Hall–Kier alpha value is -1.05. The minimum absolute atomic E-state index is 0. The quantitative estimate of drug-likeness (QED) is 0.794. The Bertz CT molecular complexity index is 794. The molecule has 2 aromatic carbocycles. The molecular formula is C16H19ClN2O2S2. The van der Waals surface area contributed by atoms with Gasteiger partial charge in [-0.3, -0.25) is 0 Å². The highest BCUT2D eigenvalue weighted by atomic mass is 35.5. The van der Waals surface area contributed by atoms with Gasteiger partial charge in [0.2, 0.25) is 10.0 Å². The van der Waals surface area contributed by atoms with Crippen molar-refractivity contribution in [3.63, 3.8) is 0 Å². The van der Waals surface area contributed by atoms with Crippen molar-refractivity contribution in [3.05, 3.63) is 59.2 Å². The van der Waals surface area contributed by atoms with Crippen LogP contribution in [0.4, 0.5) is 0 Å². The predicted molar refractivity (Wildman–Crippen MR) is 96.5 cm³/mol. The van der Waals surface area contributed by atoms with Crippen LogP contribution >= 0.6 is 24.2 Å². The van der Waals surface area contributed by atoms with Gasteiger partial charge in [-0.25, -0.2) is 13.1 Å². The van der Waals surface area contributed by atoms with E-state index in [0.29, 0.717) is 11.4 Å². The zero-order valence-corrected chi connectivity index (χ0v) is 15.2.